The Morgan fingerprint density at radius 2 is 1.71 bits per heavy atom. The maximum absolute atomic E-state index is 12.5. The number of guanidine groups is 1. The Labute approximate surface area is 181 Å². The fraction of sp³-hybridized carbons (Fsp3) is 0.409. The summed E-state index contributed by atoms with van der Waals surface area (Å²) in [6.07, 6.45) is -0.148. The number of rotatable bonds is 11. The standard InChI is InChI=1S/C22H29F2N3O4/c1-5-29-20-12-16(10-11-19(20)31-21(23)24)14-27-22(25-3)26-13-15(2)30-18-9-7-6-8-17(18)28-4/h6-12,15,21H,5,13-14H2,1-4H3,(H2,25,26,27). The molecule has 0 aliphatic heterocycles. The number of methoxy groups -OCH3 is 1. The lowest BCUT2D eigenvalue weighted by Gasteiger charge is -2.19. The van der Waals surface area contributed by atoms with Crippen LogP contribution >= 0.6 is 0 Å². The Kier molecular flexibility index (Phi) is 9.67. The highest BCUT2D eigenvalue weighted by Gasteiger charge is 2.12. The van der Waals surface area contributed by atoms with Crippen LogP contribution in [0.4, 0.5) is 8.78 Å². The molecule has 0 aromatic heterocycles. The van der Waals surface area contributed by atoms with Crippen molar-refractivity contribution < 1.29 is 27.7 Å². The first-order chi connectivity index (χ1) is 15.0. The highest BCUT2D eigenvalue weighted by molar-refractivity contribution is 5.79. The molecule has 7 nitrogen and oxygen atoms in total. The van der Waals surface area contributed by atoms with E-state index >= 15 is 0 Å². The third-order valence-electron chi connectivity index (χ3n) is 4.16. The molecule has 1 unspecified atom stereocenters. The molecule has 2 rings (SSSR count). The lowest BCUT2D eigenvalue weighted by Crippen LogP contribution is -2.41. The van der Waals surface area contributed by atoms with Crippen molar-refractivity contribution in [3.05, 3.63) is 48.0 Å². The van der Waals surface area contributed by atoms with Crippen molar-refractivity contribution in [2.24, 2.45) is 4.99 Å². The average Bonchev–Trinajstić information content (AvgIpc) is 2.75. The highest BCUT2D eigenvalue weighted by Crippen LogP contribution is 2.30. The number of nitrogens with one attached hydrogen (secondary N) is 2. The predicted octanol–water partition coefficient (Wildman–Crippen LogP) is 3.83. The van der Waals surface area contributed by atoms with E-state index in [1.54, 1.807) is 33.2 Å². The van der Waals surface area contributed by atoms with Gasteiger partial charge in [0, 0.05) is 13.6 Å². The number of benzene rings is 2. The maximum atomic E-state index is 12.5. The van der Waals surface area contributed by atoms with Gasteiger partial charge in [-0.15, -0.1) is 0 Å². The van der Waals surface area contributed by atoms with Gasteiger partial charge in [0.15, 0.2) is 29.0 Å². The molecule has 0 heterocycles. The molecule has 0 saturated carbocycles. The zero-order valence-corrected chi connectivity index (χ0v) is 18.2. The minimum Gasteiger partial charge on any atom is -0.493 e. The summed E-state index contributed by atoms with van der Waals surface area (Å²) >= 11 is 0. The zero-order valence-electron chi connectivity index (χ0n) is 18.2. The van der Waals surface area contributed by atoms with Crippen molar-refractivity contribution in [2.75, 3.05) is 27.3 Å². The first-order valence-corrected chi connectivity index (χ1v) is 9.91. The van der Waals surface area contributed by atoms with Gasteiger partial charge in [-0.3, -0.25) is 4.99 Å². The third-order valence-corrected chi connectivity index (χ3v) is 4.16. The molecule has 0 spiro atoms. The summed E-state index contributed by atoms with van der Waals surface area (Å²) < 4.78 is 46.2. The van der Waals surface area contributed by atoms with Gasteiger partial charge in [-0.25, -0.2) is 0 Å². The van der Waals surface area contributed by atoms with E-state index in [0.29, 0.717) is 37.2 Å². The number of para-hydroxylation sites is 2. The first-order valence-electron chi connectivity index (χ1n) is 9.91. The van der Waals surface area contributed by atoms with Crippen molar-refractivity contribution in [3.8, 4) is 23.0 Å². The second-order valence-electron chi connectivity index (χ2n) is 6.48. The number of hydrogen-bond donors (Lipinski definition) is 2. The van der Waals surface area contributed by atoms with Gasteiger partial charge >= 0.3 is 6.61 Å². The molecule has 0 saturated heterocycles. The zero-order chi connectivity index (χ0) is 22.6. The van der Waals surface area contributed by atoms with Crippen molar-refractivity contribution >= 4 is 5.96 Å². The van der Waals surface area contributed by atoms with Crippen LogP contribution in [0.2, 0.25) is 0 Å². The van der Waals surface area contributed by atoms with E-state index in [-0.39, 0.29) is 17.6 Å². The molecule has 0 amide bonds. The smallest absolute Gasteiger partial charge is 0.387 e. The Morgan fingerprint density at radius 1 is 1.00 bits per heavy atom. The number of ether oxygens (including phenoxy) is 4. The van der Waals surface area contributed by atoms with Crippen LogP contribution in [0, 0.1) is 0 Å². The van der Waals surface area contributed by atoms with Crippen LogP contribution in [0.5, 0.6) is 23.0 Å². The van der Waals surface area contributed by atoms with Gasteiger partial charge < -0.3 is 29.6 Å². The predicted molar refractivity (Wildman–Crippen MR) is 116 cm³/mol. The van der Waals surface area contributed by atoms with Crippen LogP contribution < -0.4 is 29.6 Å². The lowest BCUT2D eigenvalue weighted by atomic mass is 10.2. The SMILES string of the molecule is CCOc1cc(CNC(=NC)NCC(C)Oc2ccccc2OC)ccc1OC(F)F. The highest BCUT2D eigenvalue weighted by atomic mass is 19.3. The van der Waals surface area contributed by atoms with Gasteiger partial charge in [0.2, 0.25) is 0 Å². The minimum atomic E-state index is -2.91. The Bertz CT molecular complexity index is 849. The van der Waals surface area contributed by atoms with Crippen LogP contribution in [-0.4, -0.2) is 46.0 Å². The summed E-state index contributed by atoms with van der Waals surface area (Å²) in [5, 5.41) is 6.36. The third kappa shape index (κ3) is 7.84. The van der Waals surface area contributed by atoms with Crippen LogP contribution in [0.15, 0.2) is 47.5 Å². The van der Waals surface area contributed by atoms with E-state index in [1.165, 1.54) is 6.07 Å². The van der Waals surface area contributed by atoms with Gasteiger partial charge in [-0.1, -0.05) is 18.2 Å². The summed E-state index contributed by atoms with van der Waals surface area (Å²) in [6, 6.07) is 12.3. The van der Waals surface area contributed by atoms with Crippen LogP contribution in [0.25, 0.3) is 0 Å². The molecular weight excluding hydrogens is 408 g/mol. The average molecular weight is 437 g/mol. The van der Waals surface area contributed by atoms with E-state index in [2.05, 4.69) is 20.4 Å². The normalized spacial score (nSPS) is 12.3. The van der Waals surface area contributed by atoms with Gasteiger partial charge in [0.1, 0.15) is 6.10 Å². The van der Waals surface area contributed by atoms with Crippen molar-refractivity contribution in [3.63, 3.8) is 0 Å². The number of aliphatic imine (C=N–C) groups is 1. The van der Waals surface area contributed by atoms with Crippen LogP contribution in [0.3, 0.4) is 0 Å². The molecule has 2 N–H and O–H groups in total. The molecule has 9 heteroatoms. The Morgan fingerprint density at radius 3 is 2.35 bits per heavy atom. The van der Waals surface area contributed by atoms with Crippen molar-refractivity contribution in [2.45, 2.75) is 33.1 Å². The second kappa shape index (κ2) is 12.5. The molecule has 0 bridgehead atoms. The van der Waals surface area contributed by atoms with E-state index in [9.17, 15) is 8.78 Å². The van der Waals surface area contributed by atoms with Gasteiger partial charge in [-0.05, 0) is 43.7 Å². The molecule has 2 aromatic carbocycles. The lowest BCUT2D eigenvalue weighted by molar-refractivity contribution is -0.0514. The largest absolute Gasteiger partial charge is 0.493 e. The monoisotopic (exact) mass is 437 g/mol. The van der Waals surface area contributed by atoms with Crippen molar-refractivity contribution in [1.82, 2.24) is 10.6 Å². The van der Waals surface area contributed by atoms with E-state index < -0.39 is 6.61 Å². The van der Waals surface area contributed by atoms with Gasteiger partial charge in [-0.2, -0.15) is 8.78 Å². The molecule has 0 fully saturated rings. The topological polar surface area (TPSA) is 73.3 Å². The molecule has 170 valence electrons. The molecule has 0 radical (unpaired) electrons. The van der Waals surface area contributed by atoms with Gasteiger partial charge in [0.25, 0.3) is 0 Å². The first kappa shape index (κ1) is 24.0. The van der Waals surface area contributed by atoms with Crippen LogP contribution in [0.1, 0.15) is 19.4 Å². The molecular formula is C22H29F2N3O4. The minimum absolute atomic E-state index is 0.00502. The van der Waals surface area contributed by atoms with Crippen molar-refractivity contribution in [1.29, 1.82) is 0 Å². The van der Waals surface area contributed by atoms with Gasteiger partial charge in [0.05, 0.1) is 20.3 Å². The Hall–Kier alpha value is -3.23. The fourth-order valence-electron chi connectivity index (χ4n) is 2.75. The second-order valence-corrected chi connectivity index (χ2v) is 6.48. The number of nitrogens with zero attached hydrogens (tertiary/aromatic N) is 1. The molecule has 0 aliphatic carbocycles. The Balaban J connectivity index is 1.89. The van der Waals surface area contributed by atoms with E-state index in [4.69, 9.17) is 14.2 Å². The summed E-state index contributed by atoms with van der Waals surface area (Å²) in [5.41, 5.74) is 0.825. The molecule has 0 aliphatic rings. The van der Waals surface area contributed by atoms with E-state index in [1.807, 2.05) is 31.2 Å². The molecule has 1 atom stereocenters. The number of alkyl halides is 2. The number of hydrogen-bond acceptors (Lipinski definition) is 5. The molecule has 31 heavy (non-hydrogen) atoms. The molecule has 2 aromatic rings. The summed E-state index contributed by atoms with van der Waals surface area (Å²) in [6.45, 7) is 2.05. The van der Waals surface area contributed by atoms with Crippen LogP contribution in [-0.2, 0) is 6.54 Å². The summed E-state index contributed by atoms with van der Waals surface area (Å²) in [7, 11) is 3.26. The summed E-state index contributed by atoms with van der Waals surface area (Å²) in [5.74, 6) is 2.17. The quantitative estimate of drug-likeness (QED) is 0.411. The van der Waals surface area contributed by atoms with E-state index in [0.717, 1.165) is 5.56 Å². The summed E-state index contributed by atoms with van der Waals surface area (Å²) in [4.78, 5) is 4.19. The number of halogens is 2. The maximum Gasteiger partial charge on any atom is 0.387 e. The fourth-order valence-corrected chi connectivity index (χ4v) is 2.75.